The fraction of sp³-hybridized carbons (Fsp3) is 0.158. The molecular formula is C19H19N7OS. The van der Waals surface area contributed by atoms with Crippen LogP contribution in [0.15, 0.2) is 58.7 Å². The monoisotopic (exact) mass is 393 g/mol. The van der Waals surface area contributed by atoms with Crippen LogP contribution in [0.1, 0.15) is 19.0 Å². The van der Waals surface area contributed by atoms with E-state index in [0.717, 1.165) is 26.9 Å². The normalized spacial score (nSPS) is 10.9. The molecule has 0 saturated carbocycles. The zero-order valence-electron chi connectivity index (χ0n) is 15.4. The maximum Gasteiger partial charge on any atom is 0.224 e. The predicted octanol–water partition coefficient (Wildman–Crippen LogP) is 4.00. The molecule has 1 amide bonds. The number of benzene rings is 1. The van der Waals surface area contributed by atoms with E-state index >= 15 is 0 Å². The van der Waals surface area contributed by atoms with Crippen molar-refractivity contribution in [1.82, 2.24) is 24.6 Å². The van der Waals surface area contributed by atoms with Crippen molar-refractivity contribution in [3.05, 3.63) is 54.5 Å². The average molecular weight is 393 g/mol. The molecule has 0 unspecified atom stereocenters. The Morgan fingerprint density at radius 3 is 2.79 bits per heavy atom. The zero-order chi connectivity index (χ0) is 19.5. The summed E-state index contributed by atoms with van der Waals surface area (Å²) in [5, 5.41) is 14.0. The van der Waals surface area contributed by atoms with E-state index < -0.39 is 0 Å². The van der Waals surface area contributed by atoms with E-state index in [-0.39, 0.29) is 5.91 Å². The van der Waals surface area contributed by atoms with Gasteiger partial charge < -0.3 is 10.6 Å². The lowest BCUT2D eigenvalue weighted by molar-refractivity contribution is -0.115. The largest absolute Gasteiger partial charge is 0.326 e. The van der Waals surface area contributed by atoms with E-state index in [1.165, 1.54) is 11.8 Å². The van der Waals surface area contributed by atoms with Crippen molar-refractivity contribution < 1.29 is 4.79 Å². The first kappa shape index (κ1) is 18.1. The van der Waals surface area contributed by atoms with Gasteiger partial charge in [-0.1, -0.05) is 18.7 Å². The number of carbonyl (C=O) groups is 1. The van der Waals surface area contributed by atoms with Crippen molar-refractivity contribution in [1.29, 1.82) is 0 Å². The molecule has 1 aromatic carbocycles. The Morgan fingerprint density at radius 1 is 1.25 bits per heavy atom. The molecule has 4 rings (SSSR count). The van der Waals surface area contributed by atoms with Gasteiger partial charge in [-0.15, -0.1) is 0 Å². The van der Waals surface area contributed by atoms with Gasteiger partial charge in [0.1, 0.15) is 10.7 Å². The number of hydrogen-bond acceptors (Lipinski definition) is 6. The third kappa shape index (κ3) is 3.99. The van der Waals surface area contributed by atoms with Crippen molar-refractivity contribution in [3.8, 4) is 0 Å². The third-order valence-electron chi connectivity index (χ3n) is 3.99. The Bertz CT molecular complexity index is 1120. The molecule has 0 atom stereocenters. The summed E-state index contributed by atoms with van der Waals surface area (Å²) in [7, 11) is 0. The molecule has 0 aliphatic rings. The summed E-state index contributed by atoms with van der Waals surface area (Å²) in [5.74, 6) is 1.32. The summed E-state index contributed by atoms with van der Waals surface area (Å²) in [6.45, 7) is 3.77. The number of imidazole rings is 1. The molecule has 0 spiro atoms. The minimum absolute atomic E-state index is 0.00357. The van der Waals surface area contributed by atoms with E-state index in [9.17, 15) is 4.79 Å². The van der Waals surface area contributed by atoms with Crippen LogP contribution in [0.2, 0.25) is 0 Å². The van der Waals surface area contributed by atoms with Crippen molar-refractivity contribution in [2.75, 3.05) is 10.6 Å². The first-order chi connectivity index (χ1) is 13.6. The number of aromatic amines is 1. The Balaban J connectivity index is 1.57. The van der Waals surface area contributed by atoms with Crippen LogP contribution in [0.25, 0.3) is 5.65 Å². The van der Waals surface area contributed by atoms with Crippen molar-refractivity contribution in [2.45, 2.75) is 30.2 Å². The van der Waals surface area contributed by atoms with Gasteiger partial charge in [0.25, 0.3) is 0 Å². The highest BCUT2D eigenvalue weighted by Crippen LogP contribution is 2.29. The third-order valence-corrected chi connectivity index (χ3v) is 4.92. The van der Waals surface area contributed by atoms with Crippen LogP contribution < -0.4 is 10.6 Å². The predicted molar refractivity (Wildman–Crippen MR) is 109 cm³/mol. The average Bonchev–Trinajstić information content (AvgIpc) is 3.32. The fourth-order valence-corrected chi connectivity index (χ4v) is 3.43. The molecule has 8 nitrogen and oxygen atoms in total. The van der Waals surface area contributed by atoms with E-state index in [0.29, 0.717) is 18.2 Å². The minimum atomic E-state index is -0.00357. The van der Waals surface area contributed by atoms with Gasteiger partial charge in [0.05, 0.1) is 0 Å². The Kier molecular flexibility index (Phi) is 4.98. The summed E-state index contributed by atoms with van der Waals surface area (Å²) in [4.78, 5) is 21.6. The molecule has 0 aliphatic carbocycles. The smallest absolute Gasteiger partial charge is 0.224 e. The summed E-state index contributed by atoms with van der Waals surface area (Å²) in [6.07, 6.45) is 4.04. The molecule has 0 fully saturated rings. The Labute approximate surface area is 165 Å². The number of anilines is 3. The Hall–Kier alpha value is -3.33. The van der Waals surface area contributed by atoms with E-state index in [4.69, 9.17) is 4.98 Å². The molecule has 0 aliphatic heterocycles. The molecule has 3 N–H and O–H groups in total. The van der Waals surface area contributed by atoms with Gasteiger partial charge in [0.2, 0.25) is 11.9 Å². The fourth-order valence-electron chi connectivity index (χ4n) is 2.62. The van der Waals surface area contributed by atoms with Crippen LogP contribution in [0.3, 0.4) is 0 Å². The number of nitrogens with zero attached hydrogens (tertiary/aromatic N) is 4. The molecule has 0 bridgehead atoms. The second kappa shape index (κ2) is 7.73. The molecule has 0 saturated heterocycles. The first-order valence-electron chi connectivity index (χ1n) is 8.81. The van der Waals surface area contributed by atoms with Crippen LogP contribution in [0.4, 0.5) is 17.5 Å². The van der Waals surface area contributed by atoms with Crippen LogP contribution in [0.5, 0.6) is 0 Å². The van der Waals surface area contributed by atoms with Crippen LogP contribution in [0, 0.1) is 6.92 Å². The molecule has 3 heterocycles. The van der Waals surface area contributed by atoms with Crippen molar-refractivity contribution >= 4 is 40.8 Å². The molecule has 3 aromatic heterocycles. The molecular weight excluding hydrogens is 374 g/mol. The Morgan fingerprint density at radius 2 is 2.07 bits per heavy atom. The lowest BCUT2D eigenvalue weighted by atomic mass is 10.3. The highest BCUT2D eigenvalue weighted by molar-refractivity contribution is 7.99. The summed E-state index contributed by atoms with van der Waals surface area (Å²) in [5.41, 5.74) is 2.54. The molecule has 142 valence electrons. The molecule has 28 heavy (non-hydrogen) atoms. The minimum Gasteiger partial charge on any atom is -0.326 e. The van der Waals surface area contributed by atoms with Gasteiger partial charge in [-0.05, 0) is 31.2 Å². The van der Waals surface area contributed by atoms with Gasteiger partial charge in [0, 0.05) is 47.2 Å². The van der Waals surface area contributed by atoms with Gasteiger partial charge in [-0.3, -0.25) is 14.3 Å². The highest BCUT2D eigenvalue weighted by Gasteiger charge is 2.10. The maximum absolute atomic E-state index is 11.5. The van der Waals surface area contributed by atoms with Gasteiger partial charge >= 0.3 is 0 Å². The second-order valence-corrected chi connectivity index (χ2v) is 7.26. The maximum atomic E-state index is 11.5. The number of aromatic nitrogens is 5. The van der Waals surface area contributed by atoms with E-state index in [2.05, 4.69) is 25.8 Å². The standard InChI is InChI=1S/C19H19N7OS/c1-3-17(27)21-13-4-6-14(7-5-13)28-18-11-16-20-8-9-26(16)19(23-18)22-15-10-12(2)24-25-15/h4-11H,3H2,1-2H3,(H,21,27)(H2,22,23,24,25). The number of hydrogen-bond donors (Lipinski definition) is 3. The van der Waals surface area contributed by atoms with Gasteiger partial charge in [-0.2, -0.15) is 5.10 Å². The molecule has 9 heteroatoms. The quantitative estimate of drug-likeness (QED) is 0.428. The summed E-state index contributed by atoms with van der Waals surface area (Å²) >= 11 is 1.52. The lowest BCUT2D eigenvalue weighted by Gasteiger charge is -2.09. The topological polar surface area (TPSA) is 100 Å². The molecule has 0 radical (unpaired) electrons. The number of amides is 1. The SMILES string of the molecule is CCC(=O)Nc1ccc(Sc2cc3nccn3c(Nc3cc(C)[nH]n3)n2)cc1. The van der Waals surface area contributed by atoms with Crippen molar-refractivity contribution in [3.63, 3.8) is 0 Å². The summed E-state index contributed by atoms with van der Waals surface area (Å²) < 4.78 is 1.87. The van der Waals surface area contributed by atoms with Crippen molar-refractivity contribution in [2.24, 2.45) is 0 Å². The number of carbonyl (C=O) groups excluding carboxylic acids is 1. The number of nitrogens with one attached hydrogen (secondary N) is 3. The number of H-pyrrole nitrogens is 1. The van der Waals surface area contributed by atoms with Gasteiger partial charge in [0.15, 0.2) is 5.82 Å². The number of fused-ring (bicyclic) bond motifs is 1. The second-order valence-electron chi connectivity index (χ2n) is 6.16. The molecule has 4 aromatic rings. The van der Waals surface area contributed by atoms with E-state index in [1.54, 1.807) is 6.20 Å². The highest BCUT2D eigenvalue weighted by atomic mass is 32.2. The van der Waals surface area contributed by atoms with Gasteiger partial charge in [-0.25, -0.2) is 9.97 Å². The number of aryl methyl sites for hydroxylation is 1. The summed E-state index contributed by atoms with van der Waals surface area (Å²) in [6, 6.07) is 11.5. The lowest BCUT2D eigenvalue weighted by Crippen LogP contribution is -2.08. The first-order valence-corrected chi connectivity index (χ1v) is 9.63. The van der Waals surface area contributed by atoms with E-state index in [1.807, 2.05) is 60.8 Å². The zero-order valence-corrected chi connectivity index (χ0v) is 16.2. The van der Waals surface area contributed by atoms with Crippen LogP contribution in [-0.2, 0) is 4.79 Å². The van der Waals surface area contributed by atoms with Crippen LogP contribution in [-0.4, -0.2) is 30.5 Å². The number of rotatable bonds is 6. The van der Waals surface area contributed by atoms with Crippen LogP contribution >= 0.6 is 11.8 Å².